The van der Waals surface area contributed by atoms with E-state index in [0.717, 1.165) is 13.1 Å². The van der Waals surface area contributed by atoms with Gasteiger partial charge >= 0.3 is 0 Å². The van der Waals surface area contributed by atoms with Crippen LogP contribution in [0, 0.1) is 0 Å². The van der Waals surface area contributed by atoms with E-state index in [4.69, 9.17) is 5.73 Å². The van der Waals surface area contributed by atoms with Gasteiger partial charge in [-0.1, -0.05) is 0 Å². The summed E-state index contributed by atoms with van der Waals surface area (Å²) in [6.07, 6.45) is 5.26. The first-order valence-corrected chi connectivity index (χ1v) is 3.97. The molecular formula is C7H10N6. The smallest absolute Gasteiger partial charge is 0.239 e. The van der Waals surface area contributed by atoms with E-state index in [1.807, 2.05) is 16.9 Å². The molecule has 0 saturated heterocycles. The number of nitrogens with zero attached hydrogens (tertiary/aromatic N) is 5. The molecule has 6 nitrogen and oxygen atoms in total. The first kappa shape index (κ1) is 7.78. The van der Waals surface area contributed by atoms with Crippen molar-refractivity contribution in [2.45, 2.75) is 13.1 Å². The van der Waals surface area contributed by atoms with Gasteiger partial charge in [0.05, 0.1) is 13.1 Å². The Bertz CT molecular complexity index is 362. The Balaban J connectivity index is 1.93. The average molecular weight is 178 g/mol. The van der Waals surface area contributed by atoms with Gasteiger partial charge in [-0.25, -0.2) is 9.67 Å². The molecule has 0 radical (unpaired) electrons. The number of aryl methyl sites for hydroxylation is 2. The summed E-state index contributed by atoms with van der Waals surface area (Å²) >= 11 is 0. The predicted octanol–water partition coefficient (Wildman–Crippen LogP) is -0.243. The van der Waals surface area contributed by atoms with E-state index in [9.17, 15) is 0 Å². The number of nitrogen functional groups attached to an aromatic ring is 1. The minimum Gasteiger partial charge on any atom is -0.367 e. The summed E-state index contributed by atoms with van der Waals surface area (Å²) in [7, 11) is 0. The van der Waals surface area contributed by atoms with E-state index in [1.54, 1.807) is 17.2 Å². The zero-order valence-corrected chi connectivity index (χ0v) is 7.04. The van der Waals surface area contributed by atoms with Gasteiger partial charge in [0.25, 0.3) is 0 Å². The van der Waals surface area contributed by atoms with Crippen LogP contribution < -0.4 is 5.73 Å². The van der Waals surface area contributed by atoms with Crippen LogP contribution >= 0.6 is 0 Å². The molecule has 0 spiro atoms. The van der Waals surface area contributed by atoms with Crippen molar-refractivity contribution in [1.29, 1.82) is 0 Å². The highest BCUT2D eigenvalue weighted by molar-refractivity contribution is 5.09. The van der Waals surface area contributed by atoms with Crippen molar-refractivity contribution < 1.29 is 0 Å². The molecule has 2 aromatic rings. The molecule has 2 N–H and O–H groups in total. The van der Waals surface area contributed by atoms with Gasteiger partial charge in [-0.3, -0.25) is 4.68 Å². The van der Waals surface area contributed by atoms with Gasteiger partial charge in [-0.15, -0.1) is 5.10 Å². The number of aromatic nitrogens is 5. The Hall–Kier alpha value is -1.85. The van der Waals surface area contributed by atoms with Crippen LogP contribution in [0.2, 0.25) is 0 Å². The standard InChI is InChI=1S/C7H10N6/c8-7-9-6-13(11-7)5-4-12-3-1-2-10-12/h1-3,6H,4-5H2,(H2,8,11). The third-order valence-corrected chi connectivity index (χ3v) is 1.67. The van der Waals surface area contributed by atoms with E-state index in [1.165, 1.54) is 0 Å². The molecule has 6 heteroatoms. The predicted molar refractivity (Wildman–Crippen MR) is 46.7 cm³/mol. The molecule has 0 amide bonds. The zero-order chi connectivity index (χ0) is 9.10. The molecule has 0 bridgehead atoms. The Morgan fingerprint density at radius 3 is 2.77 bits per heavy atom. The Kier molecular flexibility index (Phi) is 1.95. The first-order chi connectivity index (χ1) is 6.34. The van der Waals surface area contributed by atoms with Gasteiger partial charge < -0.3 is 5.73 Å². The Morgan fingerprint density at radius 1 is 1.31 bits per heavy atom. The Morgan fingerprint density at radius 2 is 2.15 bits per heavy atom. The first-order valence-electron chi connectivity index (χ1n) is 3.97. The van der Waals surface area contributed by atoms with E-state index in [0.29, 0.717) is 5.95 Å². The highest BCUT2D eigenvalue weighted by Gasteiger charge is 1.95. The van der Waals surface area contributed by atoms with Gasteiger partial charge in [0.15, 0.2) is 0 Å². The number of hydrogen-bond donors (Lipinski definition) is 1. The van der Waals surface area contributed by atoms with Crippen molar-refractivity contribution in [2.75, 3.05) is 5.73 Å². The maximum absolute atomic E-state index is 5.36. The van der Waals surface area contributed by atoms with Gasteiger partial charge in [0.2, 0.25) is 5.95 Å². The van der Waals surface area contributed by atoms with Crippen molar-refractivity contribution >= 4 is 5.95 Å². The van der Waals surface area contributed by atoms with Gasteiger partial charge in [0, 0.05) is 12.4 Å². The lowest BCUT2D eigenvalue weighted by Gasteiger charge is -1.99. The minimum absolute atomic E-state index is 0.306. The van der Waals surface area contributed by atoms with Crippen molar-refractivity contribution in [2.24, 2.45) is 0 Å². The fraction of sp³-hybridized carbons (Fsp3) is 0.286. The maximum Gasteiger partial charge on any atom is 0.239 e. The second-order valence-electron chi connectivity index (χ2n) is 2.63. The topological polar surface area (TPSA) is 74.5 Å². The molecule has 0 unspecified atom stereocenters. The summed E-state index contributed by atoms with van der Waals surface area (Å²) in [6.45, 7) is 1.50. The van der Waals surface area contributed by atoms with E-state index in [2.05, 4.69) is 15.2 Å². The molecule has 2 rings (SSSR count). The second-order valence-corrected chi connectivity index (χ2v) is 2.63. The minimum atomic E-state index is 0.306. The van der Waals surface area contributed by atoms with E-state index < -0.39 is 0 Å². The molecule has 0 aliphatic rings. The average Bonchev–Trinajstić information content (AvgIpc) is 2.71. The molecule has 2 aromatic heterocycles. The fourth-order valence-corrected chi connectivity index (χ4v) is 1.05. The molecule has 0 aliphatic carbocycles. The molecular weight excluding hydrogens is 168 g/mol. The molecule has 0 fully saturated rings. The maximum atomic E-state index is 5.36. The van der Waals surface area contributed by atoms with E-state index >= 15 is 0 Å². The number of anilines is 1. The van der Waals surface area contributed by atoms with Crippen LogP contribution in [0.25, 0.3) is 0 Å². The number of rotatable bonds is 3. The summed E-state index contributed by atoms with van der Waals surface area (Å²) in [6, 6.07) is 1.88. The molecule has 0 saturated carbocycles. The van der Waals surface area contributed by atoms with Gasteiger partial charge in [-0.2, -0.15) is 5.10 Å². The molecule has 0 atom stereocenters. The lowest BCUT2D eigenvalue weighted by Crippen LogP contribution is -2.08. The van der Waals surface area contributed by atoms with Crippen LogP contribution in [0.1, 0.15) is 0 Å². The van der Waals surface area contributed by atoms with Crippen LogP contribution in [0.15, 0.2) is 24.8 Å². The summed E-state index contributed by atoms with van der Waals surface area (Å²) in [5.74, 6) is 0.306. The van der Waals surface area contributed by atoms with Crippen LogP contribution in [-0.4, -0.2) is 24.5 Å². The highest BCUT2D eigenvalue weighted by Crippen LogP contribution is 1.91. The van der Waals surface area contributed by atoms with E-state index in [-0.39, 0.29) is 0 Å². The largest absolute Gasteiger partial charge is 0.367 e. The van der Waals surface area contributed by atoms with Crippen molar-refractivity contribution in [3.8, 4) is 0 Å². The summed E-state index contributed by atoms with van der Waals surface area (Å²) in [4.78, 5) is 3.82. The molecule has 0 aliphatic heterocycles. The lowest BCUT2D eigenvalue weighted by atomic mass is 10.6. The molecule has 2 heterocycles. The third kappa shape index (κ3) is 1.84. The summed E-state index contributed by atoms with van der Waals surface area (Å²) < 4.78 is 3.52. The quantitative estimate of drug-likeness (QED) is 0.703. The highest BCUT2D eigenvalue weighted by atomic mass is 15.4. The monoisotopic (exact) mass is 178 g/mol. The molecule has 0 aromatic carbocycles. The van der Waals surface area contributed by atoms with Crippen LogP contribution in [0.5, 0.6) is 0 Å². The van der Waals surface area contributed by atoms with Crippen molar-refractivity contribution in [1.82, 2.24) is 24.5 Å². The van der Waals surface area contributed by atoms with Crippen LogP contribution in [-0.2, 0) is 13.1 Å². The molecule has 13 heavy (non-hydrogen) atoms. The zero-order valence-electron chi connectivity index (χ0n) is 7.04. The fourth-order valence-electron chi connectivity index (χ4n) is 1.05. The van der Waals surface area contributed by atoms with Crippen LogP contribution in [0.4, 0.5) is 5.95 Å². The Labute approximate surface area is 75.0 Å². The number of hydrogen-bond acceptors (Lipinski definition) is 4. The van der Waals surface area contributed by atoms with Crippen molar-refractivity contribution in [3.05, 3.63) is 24.8 Å². The van der Waals surface area contributed by atoms with Gasteiger partial charge in [-0.05, 0) is 6.07 Å². The third-order valence-electron chi connectivity index (χ3n) is 1.67. The lowest BCUT2D eigenvalue weighted by molar-refractivity contribution is 0.500. The van der Waals surface area contributed by atoms with Gasteiger partial charge in [0.1, 0.15) is 6.33 Å². The summed E-state index contributed by atoms with van der Waals surface area (Å²) in [5.41, 5.74) is 5.36. The second kappa shape index (κ2) is 3.26. The number of nitrogens with two attached hydrogens (primary N) is 1. The molecule has 68 valence electrons. The van der Waals surface area contributed by atoms with Crippen molar-refractivity contribution in [3.63, 3.8) is 0 Å². The summed E-state index contributed by atoms with van der Waals surface area (Å²) in [5, 5.41) is 8.01. The normalized spacial score (nSPS) is 10.5. The van der Waals surface area contributed by atoms with Crippen LogP contribution in [0.3, 0.4) is 0 Å². The SMILES string of the molecule is Nc1ncn(CCn2cccn2)n1.